The molecule has 1 fully saturated rings. The first kappa shape index (κ1) is 17.6. The van der Waals surface area contributed by atoms with E-state index >= 15 is 0 Å². The number of urea groups is 1. The highest BCUT2D eigenvalue weighted by Gasteiger charge is 2.26. The number of amides is 3. The fourth-order valence-electron chi connectivity index (χ4n) is 2.55. The van der Waals surface area contributed by atoms with E-state index in [0.29, 0.717) is 42.5 Å². The second-order valence-electron chi connectivity index (χ2n) is 6.58. The number of carbonyl (C=O) groups is 2. The molecular formula is C16H23ClN4O2. The van der Waals surface area contributed by atoms with E-state index < -0.39 is 0 Å². The van der Waals surface area contributed by atoms with E-state index in [1.807, 2.05) is 13.8 Å². The van der Waals surface area contributed by atoms with E-state index in [4.69, 9.17) is 17.3 Å². The van der Waals surface area contributed by atoms with Gasteiger partial charge in [-0.05, 0) is 30.2 Å². The number of nitrogens with two attached hydrogens (primary N) is 1. The molecule has 1 aromatic carbocycles. The van der Waals surface area contributed by atoms with Gasteiger partial charge in [0.2, 0.25) is 0 Å². The molecule has 0 unspecified atom stereocenters. The molecule has 0 spiro atoms. The van der Waals surface area contributed by atoms with Crippen LogP contribution in [0.3, 0.4) is 0 Å². The molecule has 0 aromatic heterocycles. The zero-order valence-corrected chi connectivity index (χ0v) is 14.5. The van der Waals surface area contributed by atoms with Gasteiger partial charge < -0.3 is 16.0 Å². The summed E-state index contributed by atoms with van der Waals surface area (Å²) in [5, 5.41) is 3.11. The molecule has 6 nitrogen and oxygen atoms in total. The fourth-order valence-corrected chi connectivity index (χ4v) is 2.75. The first-order valence-corrected chi connectivity index (χ1v) is 7.93. The normalized spacial score (nSPS) is 14.8. The van der Waals surface area contributed by atoms with Gasteiger partial charge >= 0.3 is 6.03 Å². The number of hydrogen-bond acceptors (Lipinski definition) is 3. The highest BCUT2D eigenvalue weighted by Crippen LogP contribution is 2.26. The van der Waals surface area contributed by atoms with Gasteiger partial charge in [0.05, 0.1) is 10.6 Å². The van der Waals surface area contributed by atoms with Crippen LogP contribution in [0, 0.1) is 5.41 Å². The fraction of sp³-hybridized carbons (Fsp3) is 0.500. The van der Waals surface area contributed by atoms with Gasteiger partial charge in [0.25, 0.3) is 5.91 Å². The highest BCUT2D eigenvalue weighted by atomic mass is 35.5. The number of anilines is 1. The molecule has 3 amide bonds. The van der Waals surface area contributed by atoms with E-state index in [0.717, 1.165) is 0 Å². The van der Waals surface area contributed by atoms with Crippen molar-refractivity contribution in [2.45, 2.75) is 13.8 Å². The van der Waals surface area contributed by atoms with E-state index in [1.54, 1.807) is 35.0 Å². The van der Waals surface area contributed by atoms with Gasteiger partial charge in [0.15, 0.2) is 0 Å². The van der Waals surface area contributed by atoms with Crippen molar-refractivity contribution in [3.8, 4) is 0 Å². The standard InChI is InChI=1S/C16H23ClN4O2/c1-16(2,9-18)10-20(3)14(22)12-8-11(4-5-13(12)17)21-7-6-19-15(21)23/h4-5,8H,6-7,9-10,18H2,1-3H3,(H,19,23). The molecular weight excluding hydrogens is 316 g/mol. The van der Waals surface area contributed by atoms with Crippen molar-refractivity contribution in [1.82, 2.24) is 10.2 Å². The predicted molar refractivity (Wildman–Crippen MR) is 92.0 cm³/mol. The van der Waals surface area contributed by atoms with Crippen LogP contribution in [0.4, 0.5) is 10.5 Å². The van der Waals surface area contributed by atoms with Crippen LogP contribution in [0.5, 0.6) is 0 Å². The summed E-state index contributed by atoms with van der Waals surface area (Å²) in [5.74, 6) is -0.182. The van der Waals surface area contributed by atoms with Crippen molar-refractivity contribution in [2.24, 2.45) is 11.1 Å². The zero-order valence-electron chi connectivity index (χ0n) is 13.7. The smallest absolute Gasteiger partial charge is 0.321 e. The number of nitrogens with zero attached hydrogens (tertiary/aromatic N) is 2. The Morgan fingerprint density at radius 1 is 1.48 bits per heavy atom. The number of rotatable bonds is 5. The minimum atomic E-state index is -0.182. The number of nitrogens with one attached hydrogen (secondary N) is 1. The summed E-state index contributed by atoms with van der Waals surface area (Å²) in [6.45, 7) is 6.17. The molecule has 1 aromatic rings. The summed E-state index contributed by atoms with van der Waals surface area (Å²) in [7, 11) is 1.73. The molecule has 23 heavy (non-hydrogen) atoms. The monoisotopic (exact) mass is 338 g/mol. The third-order valence-electron chi connectivity index (χ3n) is 3.91. The van der Waals surface area contributed by atoms with Crippen molar-refractivity contribution in [2.75, 3.05) is 38.1 Å². The number of carbonyl (C=O) groups excluding carboxylic acids is 2. The Kier molecular flexibility index (Phi) is 5.16. The predicted octanol–water partition coefficient (Wildman–Crippen LogP) is 1.93. The molecule has 0 bridgehead atoms. The van der Waals surface area contributed by atoms with Gasteiger partial charge in [0.1, 0.15) is 0 Å². The van der Waals surface area contributed by atoms with Crippen molar-refractivity contribution >= 4 is 29.2 Å². The van der Waals surface area contributed by atoms with E-state index in [2.05, 4.69) is 5.32 Å². The average molecular weight is 339 g/mol. The third kappa shape index (κ3) is 3.95. The SMILES string of the molecule is CN(CC(C)(C)CN)C(=O)c1cc(N2CCNC2=O)ccc1Cl. The van der Waals surface area contributed by atoms with Gasteiger partial charge in [-0.25, -0.2) is 4.79 Å². The molecule has 0 radical (unpaired) electrons. The zero-order chi connectivity index (χ0) is 17.2. The number of halogens is 1. The van der Waals surface area contributed by atoms with E-state index in [1.165, 1.54) is 0 Å². The first-order valence-electron chi connectivity index (χ1n) is 7.55. The lowest BCUT2D eigenvalue weighted by Crippen LogP contribution is -2.40. The molecule has 1 aliphatic rings. The summed E-state index contributed by atoms with van der Waals surface area (Å²) in [6, 6.07) is 4.90. The molecule has 1 saturated heterocycles. The van der Waals surface area contributed by atoms with E-state index in [9.17, 15) is 9.59 Å². The molecule has 1 heterocycles. The van der Waals surface area contributed by atoms with Crippen molar-refractivity contribution in [1.29, 1.82) is 0 Å². The molecule has 7 heteroatoms. The number of hydrogen-bond donors (Lipinski definition) is 2. The average Bonchev–Trinajstić information content (AvgIpc) is 2.93. The lowest BCUT2D eigenvalue weighted by Gasteiger charge is -2.29. The Labute approximate surface area is 141 Å². The van der Waals surface area contributed by atoms with Crippen LogP contribution < -0.4 is 16.0 Å². The molecule has 0 aliphatic carbocycles. The van der Waals surface area contributed by atoms with Crippen LogP contribution in [-0.2, 0) is 0 Å². The van der Waals surface area contributed by atoms with Crippen LogP contribution in [0.1, 0.15) is 24.2 Å². The van der Waals surface area contributed by atoms with Crippen LogP contribution in [0.25, 0.3) is 0 Å². The van der Waals surface area contributed by atoms with E-state index in [-0.39, 0.29) is 17.4 Å². The maximum absolute atomic E-state index is 12.7. The van der Waals surface area contributed by atoms with Crippen LogP contribution >= 0.6 is 11.6 Å². The topological polar surface area (TPSA) is 78.7 Å². The summed E-state index contributed by atoms with van der Waals surface area (Å²) in [6.07, 6.45) is 0. The maximum atomic E-state index is 12.7. The Balaban J connectivity index is 2.24. The van der Waals surface area contributed by atoms with Crippen LogP contribution in [0.2, 0.25) is 5.02 Å². The molecule has 0 atom stereocenters. The third-order valence-corrected chi connectivity index (χ3v) is 4.24. The molecule has 1 aliphatic heterocycles. The summed E-state index contributed by atoms with van der Waals surface area (Å²) < 4.78 is 0. The quantitative estimate of drug-likeness (QED) is 0.861. The van der Waals surface area contributed by atoms with Gasteiger partial charge in [-0.1, -0.05) is 25.4 Å². The molecule has 126 valence electrons. The minimum absolute atomic E-state index is 0.164. The van der Waals surface area contributed by atoms with Crippen molar-refractivity contribution < 1.29 is 9.59 Å². The first-order chi connectivity index (χ1) is 10.7. The lowest BCUT2D eigenvalue weighted by molar-refractivity contribution is 0.0740. The number of benzene rings is 1. The van der Waals surface area contributed by atoms with Crippen molar-refractivity contribution in [3.63, 3.8) is 0 Å². The lowest BCUT2D eigenvalue weighted by atomic mass is 9.93. The van der Waals surface area contributed by atoms with Crippen molar-refractivity contribution in [3.05, 3.63) is 28.8 Å². The second-order valence-corrected chi connectivity index (χ2v) is 6.98. The molecule has 0 saturated carbocycles. The molecule has 3 N–H and O–H groups in total. The Morgan fingerprint density at radius 3 is 2.74 bits per heavy atom. The van der Waals surface area contributed by atoms with Crippen LogP contribution in [0.15, 0.2) is 18.2 Å². The highest BCUT2D eigenvalue weighted by molar-refractivity contribution is 6.34. The summed E-state index contributed by atoms with van der Waals surface area (Å²) in [4.78, 5) is 27.7. The largest absolute Gasteiger partial charge is 0.341 e. The second kappa shape index (κ2) is 6.76. The summed E-state index contributed by atoms with van der Waals surface area (Å²) >= 11 is 6.19. The van der Waals surface area contributed by atoms with Gasteiger partial charge in [-0.2, -0.15) is 0 Å². The van der Waals surface area contributed by atoms with Gasteiger partial charge in [-0.3, -0.25) is 9.69 Å². The Morgan fingerprint density at radius 2 is 2.17 bits per heavy atom. The van der Waals surface area contributed by atoms with Gasteiger partial charge in [-0.15, -0.1) is 0 Å². The maximum Gasteiger partial charge on any atom is 0.321 e. The minimum Gasteiger partial charge on any atom is -0.341 e. The Bertz CT molecular complexity index is 618. The Hall–Kier alpha value is -1.79. The van der Waals surface area contributed by atoms with Gasteiger partial charge in [0, 0.05) is 32.4 Å². The summed E-state index contributed by atoms with van der Waals surface area (Å²) in [5.41, 5.74) is 6.61. The van der Waals surface area contributed by atoms with Crippen LogP contribution in [-0.4, -0.2) is 50.1 Å². The molecule has 2 rings (SSSR count).